The van der Waals surface area contributed by atoms with E-state index in [1.807, 2.05) is 0 Å². The Morgan fingerprint density at radius 3 is 2.72 bits per heavy atom. The zero-order chi connectivity index (χ0) is 13.3. The molecule has 0 unspecified atom stereocenters. The molecule has 1 amide bonds. The summed E-state index contributed by atoms with van der Waals surface area (Å²) in [6, 6.07) is 2.29. The highest BCUT2D eigenvalue weighted by Gasteiger charge is 2.15. The number of aromatic nitrogens is 2. The number of amides is 1. The van der Waals surface area contributed by atoms with E-state index in [-0.39, 0.29) is 21.4 Å². The number of carbonyl (C=O) groups is 1. The molecule has 18 heavy (non-hydrogen) atoms. The number of halogens is 1. The monoisotopic (exact) mass is 268 g/mol. The maximum Gasteiger partial charge on any atom is 0.281 e. The third kappa shape index (κ3) is 2.43. The van der Waals surface area contributed by atoms with Gasteiger partial charge >= 0.3 is 0 Å². The molecule has 0 aliphatic heterocycles. The van der Waals surface area contributed by atoms with Gasteiger partial charge in [0.1, 0.15) is 5.82 Å². The zero-order valence-corrected chi connectivity index (χ0v) is 10.1. The minimum atomic E-state index is -0.726. The fourth-order valence-corrected chi connectivity index (χ4v) is 2.04. The Bertz CT molecular complexity index is 614. The van der Waals surface area contributed by atoms with Gasteiger partial charge in [-0.15, -0.1) is 10.2 Å². The SMILES string of the molecule is Cc1nnc(Sc2cc(C(N)=O)c(N)cc2F)o1. The van der Waals surface area contributed by atoms with Gasteiger partial charge < -0.3 is 15.9 Å². The maximum atomic E-state index is 13.6. The van der Waals surface area contributed by atoms with Gasteiger partial charge in [0.2, 0.25) is 5.89 Å². The molecule has 4 N–H and O–H groups in total. The molecule has 0 fully saturated rings. The van der Waals surface area contributed by atoms with Crippen molar-refractivity contribution in [3.05, 3.63) is 29.4 Å². The van der Waals surface area contributed by atoms with Crippen molar-refractivity contribution in [1.82, 2.24) is 10.2 Å². The number of hydrogen-bond acceptors (Lipinski definition) is 6. The summed E-state index contributed by atoms with van der Waals surface area (Å²) < 4.78 is 18.7. The van der Waals surface area contributed by atoms with Crippen LogP contribution in [0.5, 0.6) is 0 Å². The summed E-state index contributed by atoms with van der Waals surface area (Å²) in [5.41, 5.74) is 10.7. The number of hydrogen-bond donors (Lipinski definition) is 2. The number of primary amides is 1. The summed E-state index contributed by atoms with van der Waals surface area (Å²) in [5.74, 6) is -0.946. The Kier molecular flexibility index (Phi) is 3.19. The molecule has 0 aliphatic carbocycles. The third-order valence-electron chi connectivity index (χ3n) is 2.07. The molecular weight excluding hydrogens is 259 g/mol. The van der Waals surface area contributed by atoms with Gasteiger partial charge in [-0.2, -0.15) is 0 Å². The molecule has 8 heteroatoms. The van der Waals surface area contributed by atoms with Crippen molar-refractivity contribution in [3.63, 3.8) is 0 Å². The molecule has 0 spiro atoms. The van der Waals surface area contributed by atoms with Crippen LogP contribution < -0.4 is 11.5 Å². The second-order valence-corrected chi connectivity index (χ2v) is 4.42. The number of nitrogens with zero attached hydrogens (tertiary/aromatic N) is 2. The van der Waals surface area contributed by atoms with Crippen LogP contribution in [0.3, 0.4) is 0 Å². The number of rotatable bonds is 3. The zero-order valence-electron chi connectivity index (χ0n) is 9.31. The van der Waals surface area contributed by atoms with E-state index in [9.17, 15) is 9.18 Å². The van der Waals surface area contributed by atoms with Crippen LogP contribution in [0, 0.1) is 12.7 Å². The molecule has 1 aromatic carbocycles. The maximum absolute atomic E-state index is 13.6. The molecule has 2 rings (SSSR count). The summed E-state index contributed by atoms with van der Waals surface area (Å²) in [6.07, 6.45) is 0. The van der Waals surface area contributed by atoms with Gasteiger partial charge in [0.05, 0.1) is 10.5 Å². The molecule has 94 valence electrons. The van der Waals surface area contributed by atoms with Crippen molar-refractivity contribution in [3.8, 4) is 0 Å². The topological polar surface area (TPSA) is 108 Å². The first kappa shape index (κ1) is 12.4. The molecule has 0 bridgehead atoms. The molecule has 0 saturated heterocycles. The van der Waals surface area contributed by atoms with E-state index in [1.54, 1.807) is 6.92 Å². The van der Waals surface area contributed by atoms with Crippen LogP contribution in [0.2, 0.25) is 0 Å². The van der Waals surface area contributed by atoms with Crippen LogP contribution in [0.4, 0.5) is 10.1 Å². The van der Waals surface area contributed by atoms with Gasteiger partial charge in [-0.1, -0.05) is 0 Å². The number of benzene rings is 1. The van der Waals surface area contributed by atoms with Gasteiger partial charge in [-0.3, -0.25) is 4.79 Å². The number of anilines is 1. The van der Waals surface area contributed by atoms with Crippen LogP contribution in [0.15, 0.2) is 26.7 Å². The van der Waals surface area contributed by atoms with Gasteiger partial charge in [-0.05, 0) is 23.9 Å². The lowest BCUT2D eigenvalue weighted by molar-refractivity contribution is 0.100. The number of aryl methyl sites for hydroxylation is 1. The van der Waals surface area contributed by atoms with E-state index in [2.05, 4.69) is 10.2 Å². The van der Waals surface area contributed by atoms with Crippen molar-refractivity contribution in [1.29, 1.82) is 0 Å². The van der Waals surface area contributed by atoms with E-state index >= 15 is 0 Å². The number of carbonyl (C=O) groups excluding carboxylic acids is 1. The van der Waals surface area contributed by atoms with Gasteiger partial charge in [-0.25, -0.2) is 4.39 Å². The Balaban J connectivity index is 2.38. The van der Waals surface area contributed by atoms with Gasteiger partial charge in [0, 0.05) is 12.6 Å². The largest absolute Gasteiger partial charge is 0.416 e. The Labute approximate surface area is 106 Å². The first-order valence-electron chi connectivity index (χ1n) is 4.84. The highest BCUT2D eigenvalue weighted by molar-refractivity contribution is 7.99. The van der Waals surface area contributed by atoms with Crippen LogP contribution in [-0.4, -0.2) is 16.1 Å². The standard InChI is InChI=1S/C10H9FN4O2S/c1-4-14-15-10(17-4)18-8-2-5(9(13)16)7(12)3-6(8)11/h2-3H,12H2,1H3,(H2,13,16). The van der Waals surface area contributed by atoms with Gasteiger partial charge in [0.25, 0.3) is 11.1 Å². The highest BCUT2D eigenvalue weighted by atomic mass is 32.2. The van der Waals surface area contributed by atoms with Crippen LogP contribution in [0.1, 0.15) is 16.2 Å². The summed E-state index contributed by atoms with van der Waals surface area (Å²) in [5, 5.41) is 7.50. The average molecular weight is 268 g/mol. The summed E-state index contributed by atoms with van der Waals surface area (Å²) in [4.78, 5) is 11.2. The van der Waals surface area contributed by atoms with Crippen molar-refractivity contribution in [2.75, 3.05) is 5.73 Å². The minimum Gasteiger partial charge on any atom is -0.416 e. The number of nitrogens with two attached hydrogens (primary N) is 2. The Hall–Kier alpha value is -2.09. The molecule has 0 radical (unpaired) electrons. The predicted molar refractivity (Wildman–Crippen MR) is 62.5 cm³/mol. The van der Waals surface area contributed by atoms with Crippen molar-refractivity contribution < 1.29 is 13.6 Å². The molecule has 1 aromatic heterocycles. The minimum absolute atomic E-state index is 0.00828. The fraction of sp³-hybridized carbons (Fsp3) is 0.100. The second-order valence-electron chi connectivity index (χ2n) is 3.42. The first-order valence-corrected chi connectivity index (χ1v) is 5.66. The molecule has 1 heterocycles. The second kappa shape index (κ2) is 4.65. The third-order valence-corrected chi connectivity index (χ3v) is 2.95. The van der Waals surface area contributed by atoms with Crippen LogP contribution >= 0.6 is 11.8 Å². The molecule has 0 atom stereocenters. The molecule has 0 aliphatic rings. The van der Waals surface area contributed by atoms with Crippen molar-refractivity contribution in [2.45, 2.75) is 17.0 Å². The van der Waals surface area contributed by atoms with Gasteiger partial charge in [0.15, 0.2) is 0 Å². The van der Waals surface area contributed by atoms with Crippen molar-refractivity contribution in [2.24, 2.45) is 5.73 Å². The molecule has 0 saturated carbocycles. The first-order chi connectivity index (χ1) is 8.47. The molecular formula is C10H9FN4O2S. The summed E-state index contributed by atoms with van der Waals surface area (Å²) in [6.45, 7) is 1.62. The van der Waals surface area contributed by atoms with E-state index in [0.29, 0.717) is 5.89 Å². The predicted octanol–water partition coefficient (Wildman–Crippen LogP) is 1.35. The van der Waals surface area contributed by atoms with Crippen LogP contribution in [-0.2, 0) is 0 Å². The lowest BCUT2D eigenvalue weighted by atomic mass is 10.1. The Morgan fingerprint density at radius 2 is 2.17 bits per heavy atom. The lowest BCUT2D eigenvalue weighted by Gasteiger charge is -2.05. The normalized spacial score (nSPS) is 10.6. The summed E-state index contributed by atoms with van der Waals surface area (Å²) in [7, 11) is 0. The average Bonchev–Trinajstić information content (AvgIpc) is 2.67. The van der Waals surface area contributed by atoms with E-state index in [4.69, 9.17) is 15.9 Å². The fourth-order valence-electron chi connectivity index (χ4n) is 1.27. The van der Waals surface area contributed by atoms with Crippen molar-refractivity contribution >= 4 is 23.4 Å². The number of nitrogen functional groups attached to an aromatic ring is 1. The Morgan fingerprint density at radius 1 is 1.44 bits per heavy atom. The smallest absolute Gasteiger partial charge is 0.281 e. The summed E-state index contributed by atoms with van der Waals surface area (Å²) >= 11 is 0.897. The quantitative estimate of drug-likeness (QED) is 0.813. The van der Waals surface area contributed by atoms with Crippen LogP contribution in [0.25, 0.3) is 0 Å². The van der Waals surface area contributed by atoms with E-state index < -0.39 is 11.7 Å². The molecule has 6 nitrogen and oxygen atoms in total. The highest BCUT2D eigenvalue weighted by Crippen LogP contribution is 2.31. The van der Waals surface area contributed by atoms with E-state index in [1.165, 1.54) is 6.07 Å². The molecule has 2 aromatic rings. The van der Waals surface area contributed by atoms with E-state index in [0.717, 1.165) is 17.8 Å². The lowest BCUT2D eigenvalue weighted by Crippen LogP contribution is -2.14.